The topological polar surface area (TPSA) is 57.9 Å². The van der Waals surface area contributed by atoms with Gasteiger partial charge >= 0.3 is 0 Å². The van der Waals surface area contributed by atoms with Crippen molar-refractivity contribution in [1.29, 1.82) is 0 Å². The minimum Gasteiger partial charge on any atom is -0.354 e. The predicted molar refractivity (Wildman–Crippen MR) is 146 cm³/mol. The van der Waals surface area contributed by atoms with Crippen LogP contribution < -0.4 is 10.5 Å². The van der Waals surface area contributed by atoms with E-state index in [0.29, 0.717) is 32.8 Å². The van der Waals surface area contributed by atoms with Gasteiger partial charge in [-0.25, -0.2) is 4.98 Å². The van der Waals surface area contributed by atoms with Crippen molar-refractivity contribution in [1.82, 2.24) is 14.3 Å². The number of pyridine rings is 1. The Kier molecular flexibility index (Phi) is 6.50. The molecule has 5 rings (SSSR count). The first-order valence-corrected chi connectivity index (χ1v) is 13.5. The highest BCUT2D eigenvalue weighted by Crippen LogP contribution is 2.35. The van der Waals surface area contributed by atoms with Crippen molar-refractivity contribution < 1.29 is 4.79 Å². The molecule has 0 aliphatic carbocycles. The molecule has 2 fully saturated rings. The monoisotopic (exact) mass is 508 g/mol. The Morgan fingerprint density at radius 3 is 2.56 bits per heavy atom. The van der Waals surface area contributed by atoms with Gasteiger partial charge in [0.15, 0.2) is 0 Å². The van der Waals surface area contributed by atoms with E-state index < -0.39 is 0 Å². The van der Waals surface area contributed by atoms with Crippen LogP contribution in [0.1, 0.15) is 22.3 Å². The Morgan fingerprint density at radius 1 is 1.09 bits per heavy atom. The fourth-order valence-electron chi connectivity index (χ4n) is 4.09. The number of benzene rings is 1. The molecule has 174 valence electrons. The summed E-state index contributed by atoms with van der Waals surface area (Å²) in [5.41, 5.74) is 4.01. The maximum absolute atomic E-state index is 13.6. The van der Waals surface area contributed by atoms with Gasteiger partial charge in [0.1, 0.15) is 15.8 Å². The summed E-state index contributed by atoms with van der Waals surface area (Å²) < 4.78 is 2.06. The Balaban J connectivity index is 1.57. The second-order valence-corrected chi connectivity index (χ2v) is 11.3. The van der Waals surface area contributed by atoms with E-state index in [1.807, 2.05) is 62.0 Å². The number of nitrogens with zero attached hydrogens (tertiary/aromatic N) is 4. The zero-order chi connectivity index (χ0) is 23.8. The zero-order valence-electron chi connectivity index (χ0n) is 19.0. The van der Waals surface area contributed by atoms with Gasteiger partial charge in [-0.3, -0.25) is 18.9 Å². The van der Waals surface area contributed by atoms with Gasteiger partial charge in [-0.15, -0.1) is 0 Å². The van der Waals surface area contributed by atoms with Crippen molar-refractivity contribution in [2.45, 2.75) is 20.4 Å². The number of carbonyl (C=O) groups excluding carboxylic acids is 1. The number of rotatable bonds is 4. The molecule has 0 radical (unpaired) electrons. The van der Waals surface area contributed by atoms with Crippen LogP contribution in [0, 0.1) is 13.8 Å². The summed E-state index contributed by atoms with van der Waals surface area (Å²) >= 11 is 8.67. The van der Waals surface area contributed by atoms with Crippen molar-refractivity contribution in [2.75, 3.05) is 29.5 Å². The molecule has 1 aromatic carbocycles. The van der Waals surface area contributed by atoms with Crippen LogP contribution in [0.15, 0.2) is 52.3 Å². The van der Waals surface area contributed by atoms with E-state index >= 15 is 0 Å². The minimum absolute atomic E-state index is 0.175. The van der Waals surface area contributed by atoms with Gasteiger partial charge in [-0.1, -0.05) is 59.9 Å². The molecule has 4 heterocycles. The average Bonchev–Trinajstić information content (AvgIpc) is 3.10. The van der Waals surface area contributed by atoms with Crippen molar-refractivity contribution >= 4 is 63.5 Å². The maximum atomic E-state index is 13.6. The molecule has 2 aliphatic rings. The standard InChI is InChI=1S/C25H24N4O2S3/c1-16-5-7-18(8-6-16)15-29-24(31)20(34-25(29)32)14-19-22(27-10-12-33-13-11-27)26-21-17(2)4-3-9-28(21)23(19)30/h3-9,14H,10-13,15H2,1-2H3/b20-14-. The zero-order valence-corrected chi connectivity index (χ0v) is 21.4. The van der Waals surface area contributed by atoms with Gasteiger partial charge in [0.2, 0.25) is 0 Å². The molecule has 2 saturated heterocycles. The third-order valence-electron chi connectivity index (χ3n) is 5.99. The number of aryl methyl sites for hydroxylation is 2. The fourth-order valence-corrected chi connectivity index (χ4v) is 6.23. The van der Waals surface area contributed by atoms with Crippen LogP contribution in [-0.4, -0.2) is 49.1 Å². The normalized spacial score (nSPS) is 17.9. The Labute approximate surface area is 212 Å². The number of thiocarbonyl (C=S) groups is 1. The van der Waals surface area contributed by atoms with Crippen molar-refractivity contribution in [3.8, 4) is 0 Å². The molecule has 2 aromatic heterocycles. The fraction of sp³-hybridized carbons (Fsp3) is 0.280. The molecule has 0 bridgehead atoms. The Hall–Kier alpha value is -2.62. The van der Waals surface area contributed by atoms with Crippen LogP contribution in [0.25, 0.3) is 11.7 Å². The number of fused-ring (bicyclic) bond motifs is 1. The number of carbonyl (C=O) groups is 1. The molecule has 1 amide bonds. The Bertz CT molecular complexity index is 1380. The molecule has 0 N–H and O–H groups in total. The molecule has 9 heteroatoms. The molecule has 2 aliphatic heterocycles. The first kappa shape index (κ1) is 23.1. The van der Waals surface area contributed by atoms with Gasteiger partial charge in [0.25, 0.3) is 11.5 Å². The predicted octanol–water partition coefficient (Wildman–Crippen LogP) is 4.27. The molecular weight excluding hydrogens is 485 g/mol. The lowest BCUT2D eigenvalue weighted by Crippen LogP contribution is -2.36. The van der Waals surface area contributed by atoms with E-state index in [1.54, 1.807) is 21.6 Å². The second kappa shape index (κ2) is 9.56. The van der Waals surface area contributed by atoms with Crippen LogP contribution in [0.2, 0.25) is 0 Å². The SMILES string of the molecule is Cc1ccc(CN2C(=O)/C(=C/c3c(N4CCSCC4)nc4c(C)cccn4c3=O)SC2=S)cc1. The van der Waals surface area contributed by atoms with Crippen LogP contribution in [0.4, 0.5) is 5.82 Å². The van der Waals surface area contributed by atoms with Gasteiger partial charge in [0.05, 0.1) is 17.0 Å². The summed E-state index contributed by atoms with van der Waals surface area (Å²) in [7, 11) is 0. The van der Waals surface area contributed by atoms with Gasteiger partial charge in [-0.05, 0) is 37.1 Å². The van der Waals surface area contributed by atoms with Crippen LogP contribution in [0.5, 0.6) is 0 Å². The number of anilines is 1. The number of hydrogen-bond donors (Lipinski definition) is 0. The smallest absolute Gasteiger partial charge is 0.267 e. The number of aromatic nitrogens is 2. The first-order chi connectivity index (χ1) is 16.4. The van der Waals surface area contributed by atoms with Crippen molar-refractivity contribution in [2.24, 2.45) is 0 Å². The maximum Gasteiger partial charge on any atom is 0.267 e. The van der Waals surface area contributed by atoms with E-state index in [9.17, 15) is 9.59 Å². The van der Waals surface area contributed by atoms with E-state index in [-0.39, 0.29) is 11.5 Å². The van der Waals surface area contributed by atoms with E-state index in [0.717, 1.165) is 41.3 Å². The summed E-state index contributed by atoms with van der Waals surface area (Å²) in [5, 5.41) is 0. The molecule has 6 nitrogen and oxygen atoms in total. The summed E-state index contributed by atoms with van der Waals surface area (Å²) in [6, 6.07) is 11.9. The minimum atomic E-state index is -0.176. The second-order valence-electron chi connectivity index (χ2n) is 8.39. The summed E-state index contributed by atoms with van der Waals surface area (Å²) in [5.74, 6) is 2.42. The largest absolute Gasteiger partial charge is 0.354 e. The van der Waals surface area contributed by atoms with E-state index in [1.165, 1.54) is 11.8 Å². The highest BCUT2D eigenvalue weighted by molar-refractivity contribution is 8.26. The lowest BCUT2D eigenvalue weighted by molar-refractivity contribution is -0.122. The molecule has 3 aromatic rings. The number of amides is 1. The van der Waals surface area contributed by atoms with Crippen molar-refractivity contribution in [3.63, 3.8) is 0 Å². The molecule has 0 spiro atoms. The van der Waals surface area contributed by atoms with E-state index in [4.69, 9.17) is 17.2 Å². The molecule has 0 saturated carbocycles. The number of thioether (sulfide) groups is 2. The van der Waals surface area contributed by atoms with Crippen LogP contribution in [-0.2, 0) is 11.3 Å². The van der Waals surface area contributed by atoms with Crippen LogP contribution in [0.3, 0.4) is 0 Å². The van der Waals surface area contributed by atoms with Crippen LogP contribution >= 0.6 is 35.7 Å². The molecule has 0 unspecified atom stereocenters. The lowest BCUT2D eigenvalue weighted by Gasteiger charge is -2.29. The quantitative estimate of drug-likeness (QED) is 0.385. The Morgan fingerprint density at radius 2 is 1.82 bits per heavy atom. The first-order valence-electron chi connectivity index (χ1n) is 11.1. The van der Waals surface area contributed by atoms with Crippen molar-refractivity contribution in [3.05, 3.63) is 80.1 Å². The number of hydrogen-bond acceptors (Lipinski definition) is 7. The third-order valence-corrected chi connectivity index (χ3v) is 8.31. The third kappa shape index (κ3) is 4.39. The van der Waals surface area contributed by atoms with Gasteiger partial charge in [-0.2, -0.15) is 11.8 Å². The molecule has 0 atom stereocenters. The molecule has 34 heavy (non-hydrogen) atoms. The summed E-state index contributed by atoms with van der Waals surface area (Å²) in [4.78, 5) is 36.0. The highest BCUT2D eigenvalue weighted by atomic mass is 32.2. The highest BCUT2D eigenvalue weighted by Gasteiger charge is 2.33. The average molecular weight is 509 g/mol. The summed E-state index contributed by atoms with van der Waals surface area (Å²) in [6.07, 6.45) is 3.42. The lowest BCUT2D eigenvalue weighted by atomic mass is 10.1. The van der Waals surface area contributed by atoms with Gasteiger partial charge < -0.3 is 4.90 Å². The van der Waals surface area contributed by atoms with Gasteiger partial charge in [0, 0.05) is 30.8 Å². The summed E-state index contributed by atoms with van der Waals surface area (Å²) in [6.45, 7) is 6.02. The van der Waals surface area contributed by atoms with E-state index in [2.05, 4.69) is 4.90 Å². The molecular formula is C25H24N4O2S3.